The van der Waals surface area contributed by atoms with Crippen LogP contribution in [-0.2, 0) is 11.3 Å². The summed E-state index contributed by atoms with van der Waals surface area (Å²) in [7, 11) is 0. The molecule has 2 aliphatic rings. The number of benzene rings is 1. The van der Waals surface area contributed by atoms with Crippen molar-refractivity contribution in [3.05, 3.63) is 29.8 Å². The molecule has 1 unspecified atom stereocenters. The van der Waals surface area contributed by atoms with Gasteiger partial charge in [-0.25, -0.2) is 0 Å². The first-order valence-corrected chi connectivity index (χ1v) is 8.93. The number of hydroxylamine groups is 2. The van der Waals surface area contributed by atoms with Gasteiger partial charge >= 0.3 is 0 Å². The summed E-state index contributed by atoms with van der Waals surface area (Å²) in [4.78, 5) is 6.36. The number of hydrogen-bond donors (Lipinski definition) is 1. The van der Waals surface area contributed by atoms with Crippen LogP contribution in [0.4, 0.5) is 0 Å². The third-order valence-electron chi connectivity index (χ3n) is 5.28. The molecule has 0 spiro atoms. The van der Waals surface area contributed by atoms with Gasteiger partial charge in [0, 0.05) is 16.5 Å². The standard InChI is InChI=1S/C20H31NO3/c1-18(2)11-16(22)12-19(3,4)21(18)24-14-20(5)10-15-8-6-7-9-17(15)23-13-20/h6-9,16,22H,10-14H2,1-5H3. The first-order valence-electron chi connectivity index (χ1n) is 8.93. The Morgan fingerprint density at radius 3 is 2.42 bits per heavy atom. The molecule has 0 saturated carbocycles. The van der Waals surface area contributed by atoms with Crippen molar-refractivity contribution >= 4 is 0 Å². The van der Waals surface area contributed by atoms with Gasteiger partial charge in [-0.2, -0.15) is 5.06 Å². The monoisotopic (exact) mass is 333 g/mol. The molecule has 0 radical (unpaired) electrons. The lowest BCUT2D eigenvalue weighted by molar-refractivity contribution is -0.304. The second-order valence-electron chi connectivity index (χ2n) is 9.14. The van der Waals surface area contributed by atoms with Crippen molar-refractivity contribution in [1.82, 2.24) is 5.06 Å². The average Bonchev–Trinajstić information content (AvgIpc) is 2.44. The summed E-state index contributed by atoms with van der Waals surface area (Å²) < 4.78 is 5.96. The number of para-hydroxylation sites is 1. The topological polar surface area (TPSA) is 41.9 Å². The summed E-state index contributed by atoms with van der Waals surface area (Å²) in [5.74, 6) is 0.997. The zero-order chi connectivity index (χ0) is 17.6. The lowest BCUT2D eigenvalue weighted by Gasteiger charge is -2.53. The van der Waals surface area contributed by atoms with Crippen LogP contribution in [0.1, 0.15) is 53.0 Å². The highest BCUT2D eigenvalue weighted by molar-refractivity contribution is 5.35. The Morgan fingerprint density at radius 1 is 1.12 bits per heavy atom. The van der Waals surface area contributed by atoms with Gasteiger partial charge in [-0.3, -0.25) is 4.84 Å². The maximum absolute atomic E-state index is 10.2. The molecular formula is C20H31NO3. The zero-order valence-electron chi connectivity index (χ0n) is 15.6. The first-order chi connectivity index (χ1) is 11.1. The fourth-order valence-corrected chi connectivity index (χ4v) is 4.43. The molecule has 0 aromatic heterocycles. The van der Waals surface area contributed by atoms with E-state index in [1.807, 2.05) is 12.1 Å². The second-order valence-corrected chi connectivity index (χ2v) is 9.14. The van der Waals surface area contributed by atoms with Crippen molar-refractivity contribution in [3.8, 4) is 5.75 Å². The molecule has 1 aromatic rings. The van der Waals surface area contributed by atoms with E-state index >= 15 is 0 Å². The molecule has 2 heterocycles. The second kappa shape index (κ2) is 6.01. The number of fused-ring (bicyclic) bond motifs is 1. The Morgan fingerprint density at radius 2 is 1.75 bits per heavy atom. The number of ether oxygens (including phenoxy) is 1. The summed E-state index contributed by atoms with van der Waals surface area (Å²) in [6.07, 6.45) is 2.15. The maximum Gasteiger partial charge on any atom is 0.122 e. The van der Waals surface area contributed by atoms with Crippen molar-refractivity contribution in [3.63, 3.8) is 0 Å². The van der Waals surface area contributed by atoms with E-state index in [9.17, 15) is 5.11 Å². The van der Waals surface area contributed by atoms with Gasteiger partial charge in [0.2, 0.25) is 0 Å². The molecule has 2 aliphatic heterocycles. The summed E-state index contributed by atoms with van der Waals surface area (Å²) in [6.45, 7) is 12.1. The molecule has 0 aliphatic carbocycles. The van der Waals surface area contributed by atoms with Crippen LogP contribution in [0.25, 0.3) is 0 Å². The van der Waals surface area contributed by atoms with E-state index in [-0.39, 0.29) is 22.6 Å². The highest BCUT2D eigenvalue weighted by atomic mass is 16.7. The van der Waals surface area contributed by atoms with Gasteiger partial charge in [0.15, 0.2) is 0 Å². The molecule has 1 saturated heterocycles. The van der Waals surface area contributed by atoms with Gasteiger partial charge in [0.1, 0.15) is 5.75 Å². The number of piperidine rings is 1. The summed E-state index contributed by atoms with van der Waals surface area (Å²) >= 11 is 0. The van der Waals surface area contributed by atoms with Gasteiger partial charge in [-0.1, -0.05) is 25.1 Å². The lowest BCUT2D eigenvalue weighted by atomic mass is 9.80. The van der Waals surface area contributed by atoms with Crippen LogP contribution >= 0.6 is 0 Å². The Balaban J connectivity index is 1.71. The van der Waals surface area contributed by atoms with Crippen molar-refractivity contribution in [2.75, 3.05) is 13.2 Å². The predicted octanol–water partition coefficient (Wildman–Crippen LogP) is 3.57. The number of nitrogens with zero attached hydrogens (tertiary/aromatic N) is 1. The smallest absolute Gasteiger partial charge is 0.122 e. The Hall–Kier alpha value is -1.10. The molecule has 1 N–H and O–H groups in total. The molecule has 1 aromatic carbocycles. The largest absolute Gasteiger partial charge is 0.493 e. The Bertz CT molecular complexity index is 580. The molecule has 134 valence electrons. The van der Waals surface area contributed by atoms with Gasteiger partial charge in [0.05, 0.1) is 19.3 Å². The number of aliphatic hydroxyl groups excluding tert-OH is 1. The quantitative estimate of drug-likeness (QED) is 0.918. The van der Waals surface area contributed by atoms with Crippen molar-refractivity contribution in [1.29, 1.82) is 0 Å². The molecule has 4 heteroatoms. The van der Waals surface area contributed by atoms with Gasteiger partial charge < -0.3 is 9.84 Å². The fraction of sp³-hybridized carbons (Fsp3) is 0.700. The third-order valence-corrected chi connectivity index (χ3v) is 5.28. The van der Waals surface area contributed by atoms with E-state index < -0.39 is 0 Å². The van der Waals surface area contributed by atoms with Crippen molar-refractivity contribution < 1.29 is 14.7 Å². The molecule has 24 heavy (non-hydrogen) atoms. The highest BCUT2D eigenvalue weighted by Crippen LogP contribution is 2.40. The third kappa shape index (κ3) is 3.46. The normalized spacial score (nSPS) is 29.8. The molecule has 4 nitrogen and oxygen atoms in total. The number of aliphatic hydroxyl groups is 1. The summed E-state index contributed by atoms with van der Waals surface area (Å²) in [6, 6.07) is 8.25. The Kier molecular flexibility index (Phi) is 4.44. The van der Waals surface area contributed by atoms with Crippen LogP contribution < -0.4 is 4.74 Å². The maximum atomic E-state index is 10.2. The average molecular weight is 333 g/mol. The molecule has 1 fully saturated rings. The van der Waals surface area contributed by atoms with E-state index in [1.165, 1.54) is 5.56 Å². The van der Waals surface area contributed by atoms with Crippen LogP contribution in [0, 0.1) is 5.41 Å². The van der Waals surface area contributed by atoms with E-state index in [0.717, 1.165) is 25.0 Å². The van der Waals surface area contributed by atoms with E-state index in [0.29, 0.717) is 13.2 Å². The lowest BCUT2D eigenvalue weighted by Crippen LogP contribution is -2.62. The van der Waals surface area contributed by atoms with Crippen molar-refractivity contribution in [2.24, 2.45) is 5.41 Å². The van der Waals surface area contributed by atoms with E-state index in [2.05, 4.69) is 51.8 Å². The van der Waals surface area contributed by atoms with E-state index in [4.69, 9.17) is 9.57 Å². The predicted molar refractivity (Wildman–Crippen MR) is 94.9 cm³/mol. The molecule has 3 rings (SSSR count). The molecule has 1 atom stereocenters. The minimum atomic E-state index is -0.268. The van der Waals surface area contributed by atoms with Crippen LogP contribution in [-0.4, -0.2) is 40.6 Å². The van der Waals surface area contributed by atoms with Crippen LogP contribution in [0.15, 0.2) is 24.3 Å². The fourth-order valence-electron chi connectivity index (χ4n) is 4.43. The minimum absolute atomic E-state index is 0.0451. The summed E-state index contributed by atoms with van der Waals surface area (Å²) in [5, 5.41) is 12.3. The van der Waals surface area contributed by atoms with Gasteiger partial charge in [-0.15, -0.1) is 0 Å². The Labute approximate surface area is 145 Å². The molecule has 0 bridgehead atoms. The van der Waals surface area contributed by atoms with Crippen LogP contribution in [0.5, 0.6) is 5.75 Å². The van der Waals surface area contributed by atoms with Gasteiger partial charge in [-0.05, 0) is 58.6 Å². The van der Waals surface area contributed by atoms with Gasteiger partial charge in [0.25, 0.3) is 0 Å². The minimum Gasteiger partial charge on any atom is -0.493 e. The zero-order valence-corrected chi connectivity index (χ0v) is 15.6. The molecule has 0 amide bonds. The van der Waals surface area contributed by atoms with Crippen LogP contribution in [0.2, 0.25) is 0 Å². The number of rotatable bonds is 3. The SMILES string of the molecule is CC1(CON2C(C)(C)CC(O)CC2(C)C)COc2ccccc2C1. The molecular weight excluding hydrogens is 302 g/mol. The van der Waals surface area contributed by atoms with Crippen molar-refractivity contribution in [2.45, 2.75) is 71.1 Å². The number of hydrogen-bond acceptors (Lipinski definition) is 4. The van der Waals surface area contributed by atoms with Crippen LogP contribution in [0.3, 0.4) is 0 Å². The van der Waals surface area contributed by atoms with E-state index in [1.54, 1.807) is 0 Å². The highest BCUT2D eigenvalue weighted by Gasteiger charge is 2.47. The summed E-state index contributed by atoms with van der Waals surface area (Å²) in [5.41, 5.74) is 0.828. The first kappa shape index (κ1) is 17.7.